The predicted octanol–water partition coefficient (Wildman–Crippen LogP) is 8.40. The molecule has 0 fully saturated rings. The molecule has 0 saturated carbocycles. The van der Waals surface area contributed by atoms with E-state index in [1.54, 1.807) is 14.2 Å². The lowest BCUT2D eigenvalue weighted by Gasteiger charge is -2.28. The van der Waals surface area contributed by atoms with Crippen LogP contribution >= 0.6 is 0 Å². The second kappa shape index (κ2) is 27.4. The van der Waals surface area contributed by atoms with Crippen molar-refractivity contribution in [3.8, 4) is 11.5 Å². The summed E-state index contributed by atoms with van der Waals surface area (Å²) in [6.07, 6.45) is 10.5. The van der Waals surface area contributed by atoms with Crippen LogP contribution in [-0.4, -0.2) is 87.2 Å². The first kappa shape index (κ1) is 47.8. The monoisotopic (exact) mass is 731 g/mol. The summed E-state index contributed by atoms with van der Waals surface area (Å²) >= 11 is 0. The van der Waals surface area contributed by atoms with Crippen molar-refractivity contribution in [1.82, 2.24) is 10.6 Å². The summed E-state index contributed by atoms with van der Waals surface area (Å²) < 4.78 is 21.9. The van der Waals surface area contributed by atoms with Gasteiger partial charge in [0.1, 0.15) is 11.5 Å². The lowest BCUT2D eigenvalue weighted by atomic mass is 9.94. The Kier molecular flexibility index (Phi) is 25.2. The van der Waals surface area contributed by atoms with Gasteiger partial charge in [-0.05, 0) is 101 Å². The topological polar surface area (TPSA) is 101 Å². The zero-order valence-corrected chi connectivity index (χ0v) is 34.8. The van der Waals surface area contributed by atoms with E-state index in [1.807, 2.05) is 24.3 Å². The van der Waals surface area contributed by atoms with Gasteiger partial charge in [-0.1, -0.05) is 90.5 Å². The molecule has 4 atom stereocenters. The first-order valence-electron chi connectivity index (χ1n) is 20.1. The summed E-state index contributed by atoms with van der Waals surface area (Å²) in [6, 6.07) is 16.3. The fraction of sp³-hybridized carbons (Fsp3) is 0.727. The molecule has 0 spiro atoms. The van der Waals surface area contributed by atoms with Crippen LogP contribution in [0.5, 0.6) is 11.5 Å². The second-order valence-corrected chi connectivity index (χ2v) is 15.8. The van der Waals surface area contributed by atoms with E-state index in [-0.39, 0.29) is 11.1 Å². The summed E-state index contributed by atoms with van der Waals surface area (Å²) in [5.74, 6) is 2.97. The number of rotatable bonds is 28. The summed E-state index contributed by atoms with van der Waals surface area (Å²) in [7, 11) is 3.35. The lowest BCUT2D eigenvalue weighted by molar-refractivity contribution is 0.0167. The van der Waals surface area contributed by atoms with Gasteiger partial charge < -0.3 is 39.8 Å². The summed E-state index contributed by atoms with van der Waals surface area (Å²) in [6.45, 7) is 20.9. The number of unbranched alkanes of at least 4 members (excludes halogenated alkanes) is 2. The Labute approximate surface area is 318 Å². The molecule has 0 saturated heterocycles. The van der Waals surface area contributed by atoms with Crippen LogP contribution in [0.2, 0.25) is 0 Å². The van der Waals surface area contributed by atoms with Crippen LogP contribution in [0.1, 0.15) is 118 Å². The van der Waals surface area contributed by atoms with E-state index in [4.69, 9.17) is 18.9 Å². The largest absolute Gasteiger partial charge is 0.497 e. The zero-order chi connectivity index (χ0) is 38.8. The molecule has 4 N–H and O–H groups in total. The minimum Gasteiger partial charge on any atom is -0.497 e. The number of nitrogens with one attached hydrogen (secondary N) is 2. The number of benzene rings is 2. The third kappa shape index (κ3) is 22.8. The number of aliphatic hydroxyl groups is 2. The summed E-state index contributed by atoms with van der Waals surface area (Å²) in [4.78, 5) is 0. The van der Waals surface area contributed by atoms with Crippen LogP contribution in [-0.2, 0) is 22.3 Å². The first-order valence-corrected chi connectivity index (χ1v) is 20.1. The van der Waals surface area contributed by atoms with E-state index in [1.165, 1.54) is 49.7 Å². The van der Waals surface area contributed by atoms with Gasteiger partial charge in [0.25, 0.3) is 0 Å². The van der Waals surface area contributed by atoms with Crippen molar-refractivity contribution in [2.75, 3.05) is 53.7 Å². The van der Waals surface area contributed by atoms with Crippen LogP contribution in [0.4, 0.5) is 0 Å². The average molecular weight is 731 g/mol. The third-order valence-corrected chi connectivity index (χ3v) is 9.66. The average Bonchev–Trinajstić information content (AvgIpc) is 3.13. The molecule has 300 valence electrons. The van der Waals surface area contributed by atoms with Crippen molar-refractivity contribution >= 4 is 0 Å². The molecule has 8 heteroatoms. The second-order valence-electron chi connectivity index (χ2n) is 15.8. The fourth-order valence-corrected chi connectivity index (χ4v) is 6.08. The molecule has 2 aromatic rings. The molecule has 2 rings (SSSR count). The molecule has 0 heterocycles. The van der Waals surface area contributed by atoms with E-state index in [0.29, 0.717) is 38.1 Å². The van der Waals surface area contributed by atoms with Crippen molar-refractivity contribution in [2.45, 2.75) is 143 Å². The van der Waals surface area contributed by atoms with Gasteiger partial charge in [-0.15, -0.1) is 0 Å². The number of hydrogen-bond acceptors (Lipinski definition) is 8. The Bertz CT molecular complexity index is 1040. The maximum Gasteiger partial charge on any atom is 0.118 e. The van der Waals surface area contributed by atoms with Gasteiger partial charge in [0.2, 0.25) is 0 Å². The number of aliphatic hydroxyl groups excluding tert-OH is 2. The van der Waals surface area contributed by atoms with Gasteiger partial charge in [-0.25, -0.2) is 0 Å². The Morgan fingerprint density at radius 2 is 0.904 bits per heavy atom. The summed E-state index contributed by atoms with van der Waals surface area (Å²) in [5.41, 5.74) is 2.30. The highest BCUT2D eigenvalue weighted by Crippen LogP contribution is 2.19. The summed E-state index contributed by atoms with van der Waals surface area (Å²) in [5, 5.41) is 27.3. The third-order valence-electron chi connectivity index (χ3n) is 9.66. The molecule has 0 aromatic heterocycles. The van der Waals surface area contributed by atoms with E-state index in [2.05, 4.69) is 90.3 Å². The van der Waals surface area contributed by atoms with Crippen molar-refractivity contribution in [3.63, 3.8) is 0 Å². The van der Waals surface area contributed by atoms with Crippen molar-refractivity contribution in [1.29, 1.82) is 0 Å². The molecular formula is C44H78N2O6. The van der Waals surface area contributed by atoms with Gasteiger partial charge in [0.05, 0.1) is 39.6 Å². The van der Waals surface area contributed by atoms with E-state index in [9.17, 15) is 10.2 Å². The fourth-order valence-electron chi connectivity index (χ4n) is 6.08. The predicted molar refractivity (Wildman–Crippen MR) is 218 cm³/mol. The van der Waals surface area contributed by atoms with Crippen LogP contribution in [0.3, 0.4) is 0 Å². The molecule has 0 aliphatic rings. The Hall–Kier alpha value is -2.20. The number of methoxy groups -OCH3 is 2. The highest BCUT2D eigenvalue weighted by atomic mass is 16.5. The van der Waals surface area contributed by atoms with Gasteiger partial charge in [0.15, 0.2) is 0 Å². The van der Waals surface area contributed by atoms with Crippen molar-refractivity contribution < 1.29 is 29.2 Å². The number of hydrogen-bond donors (Lipinski definition) is 4. The maximum atomic E-state index is 10.2. The van der Waals surface area contributed by atoms with Crippen molar-refractivity contribution in [2.24, 2.45) is 11.8 Å². The van der Waals surface area contributed by atoms with Gasteiger partial charge in [-0.2, -0.15) is 0 Å². The Balaban J connectivity index is 0.000000520. The quantitative estimate of drug-likeness (QED) is 0.0693. The molecule has 0 bridgehead atoms. The number of β-amino-alcohol motifs (C(OH)–C–C–N with tert-alkyl or cyclic N) is 2. The van der Waals surface area contributed by atoms with E-state index >= 15 is 0 Å². The highest BCUT2D eigenvalue weighted by molar-refractivity contribution is 5.29. The Morgan fingerprint density at radius 3 is 1.19 bits per heavy atom. The molecule has 0 aliphatic heterocycles. The minimum atomic E-state index is -0.478. The molecule has 0 aliphatic carbocycles. The molecule has 8 nitrogen and oxygen atoms in total. The zero-order valence-electron chi connectivity index (χ0n) is 34.8. The normalized spacial score (nSPS) is 14.2. The van der Waals surface area contributed by atoms with Gasteiger partial charge in [-0.3, -0.25) is 0 Å². The van der Waals surface area contributed by atoms with Crippen LogP contribution < -0.4 is 20.1 Å². The van der Waals surface area contributed by atoms with E-state index in [0.717, 1.165) is 50.4 Å². The van der Waals surface area contributed by atoms with Crippen LogP contribution in [0.15, 0.2) is 48.5 Å². The standard InChI is InChI=1S/2C22H39NO3/c2*1-6-8-9-18(7-2)16-26-17-20(24)15-23-22(3,4)14-19-10-12-21(25-5)13-11-19/h2*10-13,18,20,23-24H,6-9,14-17H2,1-5H3. The van der Waals surface area contributed by atoms with E-state index < -0.39 is 12.2 Å². The number of ether oxygens (including phenoxy) is 4. The maximum absolute atomic E-state index is 10.2. The molecule has 0 radical (unpaired) electrons. The molecule has 4 unspecified atom stereocenters. The highest BCUT2D eigenvalue weighted by Gasteiger charge is 2.21. The smallest absolute Gasteiger partial charge is 0.118 e. The van der Waals surface area contributed by atoms with Crippen LogP contribution in [0.25, 0.3) is 0 Å². The molecule has 52 heavy (non-hydrogen) atoms. The Morgan fingerprint density at radius 1 is 0.558 bits per heavy atom. The molecular weight excluding hydrogens is 652 g/mol. The van der Waals surface area contributed by atoms with Crippen LogP contribution in [0, 0.1) is 11.8 Å². The van der Waals surface area contributed by atoms with Gasteiger partial charge >= 0.3 is 0 Å². The molecule has 2 aromatic carbocycles. The molecule has 0 amide bonds. The minimum absolute atomic E-state index is 0.0946. The lowest BCUT2D eigenvalue weighted by Crippen LogP contribution is -2.46. The SMILES string of the molecule is CCCCC(CC)COCC(O)CNC(C)(C)Cc1ccc(OC)cc1.CCCCC(CC)COCC(O)CNC(C)(C)Cc1ccc(OC)cc1. The van der Waals surface area contributed by atoms with Gasteiger partial charge in [0, 0.05) is 37.4 Å². The first-order chi connectivity index (χ1) is 24.8. The van der Waals surface area contributed by atoms with Crippen molar-refractivity contribution in [3.05, 3.63) is 59.7 Å².